The van der Waals surface area contributed by atoms with Crippen molar-refractivity contribution in [2.24, 2.45) is 0 Å². The van der Waals surface area contributed by atoms with Gasteiger partial charge in [0.2, 0.25) is 0 Å². The zero-order valence-electron chi connectivity index (χ0n) is 21.8. The average molecular weight is 670 g/mol. The summed E-state index contributed by atoms with van der Waals surface area (Å²) in [5.41, 5.74) is -3.02. The molecule has 13 heteroatoms. The normalized spacial score (nSPS) is 13.2. The number of nitrogens with zero attached hydrogens (tertiary/aromatic N) is 2. The summed E-state index contributed by atoms with van der Waals surface area (Å²) in [6, 6.07) is 19.9. The van der Waals surface area contributed by atoms with Gasteiger partial charge < -0.3 is 14.2 Å². The van der Waals surface area contributed by atoms with Crippen molar-refractivity contribution in [3.8, 4) is 11.3 Å². The van der Waals surface area contributed by atoms with Crippen molar-refractivity contribution in [1.82, 2.24) is 9.13 Å². The van der Waals surface area contributed by atoms with Gasteiger partial charge in [-0.25, -0.2) is 14.2 Å². The molecular weight excluding hydrogens is 645 g/mol. The molecule has 1 N–H and O–H groups in total. The highest BCUT2D eigenvalue weighted by molar-refractivity contribution is 9.10. The van der Waals surface area contributed by atoms with Crippen LogP contribution in [0.3, 0.4) is 0 Å². The van der Waals surface area contributed by atoms with Gasteiger partial charge in [-0.1, -0.05) is 82.1 Å². The predicted octanol–water partition coefficient (Wildman–Crippen LogP) is 7.63. The Hall–Kier alpha value is -3.24. The summed E-state index contributed by atoms with van der Waals surface area (Å²) in [5.74, 6) is 0. The molecule has 0 saturated carbocycles. The van der Waals surface area contributed by atoms with E-state index in [0.717, 1.165) is 11.6 Å². The first-order chi connectivity index (χ1) is 19.3. The minimum Gasteiger partial charge on any atom is -0.431 e. The zero-order valence-corrected chi connectivity index (χ0v) is 25.1. The van der Waals surface area contributed by atoms with Gasteiger partial charge in [0, 0.05) is 21.3 Å². The Morgan fingerprint density at radius 3 is 2.32 bits per heavy atom. The predicted molar refractivity (Wildman–Crippen MR) is 154 cm³/mol. The lowest BCUT2D eigenvalue weighted by atomic mass is 10.1. The topological polar surface area (TPSA) is 99.8 Å². The van der Waals surface area contributed by atoms with E-state index in [4.69, 9.17) is 11.6 Å². The largest absolute Gasteiger partial charge is 0.515 e. The number of hydrogen-bond donors (Lipinski definition) is 1. The van der Waals surface area contributed by atoms with Crippen LogP contribution >= 0.6 is 35.1 Å². The van der Waals surface area contributed by atoms with E-state index in [9.17, 15) is 19.0 Å². The number of aromatic nitrogens is 2. The second kappa shape index (κ2) is 12.3. The molecule has 8 nitrogen and oxygen atoms in total. The first kappa shape index (κ1) is 30.7. The molecule has 1 aromatic heterocycles. The Morgan fingerprint density at radius 2 is 1.71 bits per heavy atom. The van der Waals surface area contributed by atoms with Crippen LogP contribution in [0.4, 0.5) is 13.6 Å². The number of imidazole rings is 1. The maximum Gasteiger partial charge on any atom is 0.515 e. The Kier molecular flexibility index (Phi) is 9.23. The van der Waals surface area contributed by atoms with E-state index >= 15 is 8.78 Å². The Bertz CT molecular complexity index is 1660. The molecule has 1 atom stereocenters. The van der Waals surface area contributed by atoms with Gasteiger partial charge in [-0.15, -0.1) is 0 Å². The van der Waals surface area contributed by atoms with E-state index in [1.165, 1.54) is 30.5 Å². The summed E-state index contributed by atoms with van der Waals surface area (Å²) >= 11 is 9.09. The fourth-order valence-corrected chi connectivity index (χ4v) is 5.85. The molecule has 0 bridgehead atoms. The average Bonchev–Trinajstić information content (AvgIpc) is 3.18. The molecule has 0 saturated heterocycles. The second-order valence-corrected chi connectivity index (χ2v) is 12.5. The van der Waals surface area contributed by atoms with Gasteiger partial charge >= 0.3 is 25.1 Å². The smallest absolute Gasteiger partial charge is 0.431 e. The third-order valence-electron chi connectivity index (χ3n) is 5.96. The monoisotopic (exact) mass is 668 g/mol. The Morgan fingerprint density at radius 1 is 1.05 bits per heavy atom. The van der Waals surface area contributed by atoms with Crippen molar-refractivity contribution in [3.05, 3.63) is 116 Å². The minimum absolute atomic E-state index is 0.00294. The van der Waals surface area contributed by atoms with Crippen molar-refractivity contribution in [1.29, 1.82) is 0 Å². The first-order valence-corrected chi connectivity index (χ1v) is 15.0. The number of carbonyl (C=O) groups excluding carboxylic acids is 1. The van der Waals surface area contributed by atoms with Crippen LogP contribution < -0.4 is 5.69 Å². The van der Waals surface area contributed by atoms with Crippen LogP contribution in [0.5, 0.6) is 0 Å². The van der Waals surface area contributed by atoms with Crippen molar-refractivity contribution in [3.63, 3.8) is 0 Å². The fourth-order valence-electron chi connectivity index (χ4n) is 4.04. The fraction of sp³-hybridized carbons (Fsp3) is 0.214. The van der Waals surface area contributed by atoms with Crippen LogP contribution in [0.1, 0.15) is 30.5 Å². The number of ether oxygens (including phenoxy) is 1. The highest BCUT2D eigenvalue weighted by atomic mass is 79.9. The highest BCUT2D eigenvalue weighted by Gasteiger charge is 2.56. The summed E-state index contributed by atoms with van der Waals surface area (Å²) < 4.78 is 54.1. The van der Waals surface area contributed by atoms with Crippen LogP contribution in [0.25, 0.3) is 11.3 Å². The molecule has 1 unspecified atom stereocenters. The molecule has 3 aromatic carbocycles. The van der Waals surface area contributed by atoms with Crippen molar-refractivity contribution >= 4 is 41.3 Å². The number of hydrogen-bond acceptors (Lipinski definition) is 5. The van der Waals surface area contributed by atoms with E-state index in [1.54, 1.807) is 35.0 Å². The van der Waals surface area contributed by atoms with E-state index in [2.05, 4.69) is 25.2 Å². The van der Waals surface area contributed by atoms with Crippen molar-refractivity contribution < 1.29 is 32.3 Å². The molecule has 216 valence electrons. The molecule has 0 aliphatic rings. The molecule has 0 aliphatic heterocycles. The quantitative estimate of drug-likeness (QED) is 0.145. The molecular formula is C28H25BrClF2N2O6P. The number of alkyl halides is 2. The number of halogens is 4. The lowest BCUT2D eigenvalue weighted by Gasteiger charge is -2.23. The maximum absolute atomic E-state index is 15.1. The van der Waals surface area contributed by atoms with Gasteiger partial charge in [-0.05, 0) is 48.7 Å². The van der Waals surface area contributed by atoms with Gasteiger partial charge in [-0.3, -0.25) is 9.13 Å². The van der Waals surface area contributed by atoms with Crippen LogP contribution in [-0.2, 0) is 32.6 Å². The summed E-state index contributed by atoms with van der Waals surface area (Å²) in [7, 11) is -5.84. The van der Waals surface area contributed by atoms with E-state index in [0.29, 0.717) is 28.4 Å². The molecule has 41 heavy (non-hydrogen) atoms. The summed E-state index contributed by atoms with van der Waals surface area (Å²) in [6.07, 6.45) is -0.718. The van der Waals surface area contributed by atoms with Gasteiger partial charge in [0.1, 0.15) is 0 Å². The Labute approximate surface area is 247 Å². The van der Waals surface area contributed by atoms with E-state index < -0.39 is 31.1 Å². The molecule has 0 radical (unpaired) electrons. The van der Waals surface area contributed by atoms with Crippen LogP contribution in [0.2, 0.25) is 5.02 Å². The third-order valence-corrected chi connectivity index (χ3v) is 8.22. The lowest BCUT2D eigenvalue weighted by molar-refractivity contribution is 0.0294. The Balaban J connectivity index is 1.68. The maximum atomic E-state index is 15.1. The SMILES string of the molecule is CC(C)OC(=O)OP(=O)(O)C(F)(F)c1ccc(Cn2c(-c3ccc(Cl)cc3)cn(Cc3ccccc3)c2=O)cc1Br. The molecule has 0 fully saturated rings. The molecule has 0 amide bonds. The minimum atomic E-state index is -5.84. The summed E-state index contributed by atoms with van der Waals surface area (Å²) in [5, 5.41) is 0.523. The number of benzene rings is 3. The summed E-state index contributed by atoms with van der Waals surface area (Å²) in [4.78, 5) is 35.1. The standard InChI is InChI=1S/C28H25BrClF2N2O6P/c1-18(2)39-27(36)40-41(37,38)28(31,32)23-13-8-20(14-24(23)29)16-34-25(21-9-11-22(30)12-10-21)17-33(26(34)35)15-19-6-4-3-5-7-19/h3-14,17-18H,15-16H2,1-2H3,(H,37,38). The van der Waals surface area contributed by atoms with Gasteiger partial charge in [0.05, 0.1) is 24.9 Å². The van der Waals surface area contributed by atoms with Crippen LogP contribution in [0, 0.1) is 0 Å². The second-order valence-electron chi connectivity index (χ2n) is 9.39. The van der Waals surface area contributed by atoms with Gasteiger partial charge in [0.25, 0.3) is 0 Å². The van der Waals surface area contributed by atoms with Crippen molar-refractivity contribution in [2.45, 2.75) is 38.7 Å². The lowest BCUT2D eigenvalue weighted by Crippen LogP contribution is -2.25. The highest BCUT2D eigenvalue weighted by Crippen LogP contribution is 2.64. The molecule has 4 rings (SSSR count). The van der Waals surface area contributed by atoms with Crippen LogP contribution in [-0.4, -0.2) is 26.3 Å². The van der Waals surface area contributed by atoms with Gasteiger partial charge in [-0.2, -0.15) is 8.78 Å². The van der Waals surface area contributed by atoms with E-state index in [-0.39, 0.29) is 16.7 Å². The van der Waals surface area contributed by atoms with Crippen molar-refractivity contribution in [2.75, 3.05) is 0 Å². The number of rotatable bonds is 9. The molecule has 1 heterocycles. The molecule has 0 aliphatic carbocycles. The van der Waals surface area contributed by atoms with E-state index in [1.807, 2.05) is 30.3 Å². The third kappa shape index (κ3) is 6.98. The number of carbonyl (C=O) groups is 1. The molecule has 4 aromatic rings. The summed E-state index contributed by atoms with van der Waals surface area (Å²) in [6.45, 7) is 3.16. The first-order valence-electron chi connectivity index (χ1n) is 12.3. The van der Waals surface area contributed by atoms with Crippen LogP contribution in [0.15, 0.2) is 88.3 Å². The van der Waals surface area contributed by atoms with Gasteiger partial charge in [0.15, 0.2) is 0 Å². The zero-order chi connectivity index (χ0) is 29.9. The molecule has 0 spiro atoms.